The molecule has 0 aliphatic heterocycles. The van der Waals surface area contributed by atoms with Gasteiger partial charge in [0.2, 0.25) is 0 Å². The molecule has 1 aromatic heterocycles. The van der Waals surface area contributed by atoms with Crippen LogP contribution in [-0.4, -0.2) is 41.5 Å². The summed E-state index contributed by atoms with van der Waals surface area (Å²) in [6.07, 6.45) is 4.35. The summed E-state index contributed by atoms with van der Waals surface area (Å²) in [6, 6.07) is 15.5. The van der Waals surface area contributed by atoms with Crippen molar-refractivity contribution in [1.29, 1.82) is 0 Å². The number of methoxy groups -OCH3 is 1. The van der Waals surface area contributed by atoms with E-state index < -0.39 is 0 Å². The van der Waals surface area contributed by atoms with E-state index in [9.17, 15) is 5.11 Å². The van der Waals surface area contributed by atoms with Gasteiger partial charge in [-0.15, -0.1) is 0 Å². The lowest BCUT2D eigenvalue weighted by Gasteiger charge is -2.19. The Bertz CT molecular complexity index is 954. The van der Waals surface area contributed by atoms with Crippen molar-refractivity contribution >= 4 is 5.96 Å². The van der Waals surface area contributed by atoms with Crippen molar-refractivity contribution in [1.82, 2.24) is 20.4 Å². The van der Waals surface area contributed by atoms with Gasteiger partial charge < -0.3 is 20.5 Å². The van der Waals surface area contributed by atoms with Crippen LogP contribution >= 0.6 is 0 Å². The van der Waals surface area contributed by atoms with Crippen molar-refractivity contribution in [2.75, 3.05) is 20.7 Å². The topological polar surface area (TPSA) is 83.7 Å². The third kappa shape index (κ3) is 5.28. The second kappa shape index (κ2) is 9.64. The Morgan fingerprint density at radius 1 is 1.24 bits per heavy atom. The number of nitrogens with zero attached hydrogens (tertiary/aromatic N) is 3. The molecule has 152 valence electrons. The molecule has 3 aromatic rings. The fraction of sp³-hybridized carbons (Fsp3) is 0.273. The van der Waals surface area contributed by atoms with E-state index in [2.05, 4.69) is 39.8 Å². The van der Waals surface area contributed by atoms with Crippen LogP contribution in [0.1, 0.15) is 24.1 Å². The SMILES string of the molecule is CN=C(NCCc1ccc(OC)cc1O)NC(C)c1cccc(-n2cccn2)c1. The predicted octanol–water partition coefficient (Wildman–Crippen LogP) is 3.06. The normalized spacial score (nSPS) is 12.4. The molecule has 1 atom stereocenters. The molecule has 3 N–H and O–H groups in total. The van der Waals surface area contributed by atoms with Crippen LogP contribution in [0.5, 0.6) is 11.5 Å². The van der Waals surface area contributed by atoms with Crippen LogP contribution in [0.25, 0.3) is 5.69 Å². The van der Waals surface area contributed by atoms with E-state index in [-0.39, 0.29) is 11.8 Å². The van der Waals surface area contributed by atoms with E-state index in [0.717, 1.165) is 16.8 Å². The number of hydrogen-bond acceptors (Lipinski definition) is 4. The lowest BCUT2D eigenvalue weighted by Crippen LogP contribution is -2.39. The summed E-state index contributed by atoms with van der Waals surface area (Å²) >= 11 is 0. The Labute approximate surface area is 171 Å². The zero-order valence-electron chi connectivity index (χ0n) is 17.0. The highest BCUT2D eigenvalue weighted by molar-refractivity contribution is 5.80. The smallest absolute Gasteiger partial charge is 0.191 e. The molecule has 0 radical (unpaired) electrons. The Balaban J connectivity index is 1.57. The van der Waals surface area contributed by atoms with Gasteiger partial charge in [0, 0.05) is 32.1 Å². The van der Waals surface area contributed by atoms with Crippen molar-refractivity contribution in [2.45, 2.75) is 19.4 Å². The Kier molecular flexibility index (Phi) is 6.73. The highest BCUT2D eigenvalue weighted by atomic mass is 16.5. The molecule has 0 saturated heterocycles. The number of rotatable bonds is 7. The maximum Gasteiger partial charge on any atom is 0.191 e. The Morgan fingerprint density at radius 2 is 2.10 bits per heavy atom. The van der Waals surface area contributed by atoms with E-state index in [1.165, 1.54) is 0 Å². The summed E-state index contributed by atoms with van der Waals surface area (Å²) in [5.74, 6) is 1.58. The second-order valence-electron chi connectivity index (χ2n) is 6.66. The van der Waals surface area contributed by atoms with Gasteiger partial charge >= 0.3 is 0 Å². The number of aromatic nitrogens is 2. The minimum atomic E-state index is 0.0612. The summed E-state index contributed by atoms with van der Waals surface area (Å²) in [4.78, 5) is 4.30. The number of phenolic OH excluding ortho intramolecular Hbond substituents is 1. The Hall–Kier alpha value is -3.48. The molecule has 0 saturated carbocycles. The second-order valence-corrected chi connectivity index (χ2v) is 6.66. The number of aliphatic imine (C=N–C) groups is 1. The molecule has 0 bridgehead atoms. The van der Waals surface area contributed by atoms with Gasteiger partial charge in [-0.25, -0.2) is 4.68 Å². The number of aromatic hydroxyl groups is 1. The van der Waals surface area contributed by atoms with Crippen molar-refractivity contribution in [3.05, 3.63) is 72.1 Å². The van der Waals surface area contributed by atoms with E-state index >= 15 is 0 Å². The number of ether oxygens (including phenoxy) is 1. The maximum absolute atomic E-state index is 10.1. The van der Waals surface area contributed by atoms with Gasteiger partial charge in [0.05, 0.1) is 18.8 Å². The largest absolute Gasteiger partial charge is 0.508 e. The van der Waals surface area contributed by atoms with Crippen molar-refractivity contribution in [2.24, 2.45) is 4.99 Å². The quantitative estimate of drug-likeness (QED) is 0.424. The summed E-state index contributed by atoms with van der Waals surface area (Å²) < 4.78 is 6.96. The standard InChI is InChI=1S/C22H27N5O2/c1-16(18-6-4-7-19(14-18)27-13-5-11-25-27)26-22(23-2)24-12-10-17-8-9-20(29-3)15-21(17)28/h4-9,11,13-16,28H,10,12H2,1-3H3,(H2,23,24,26). The van der Waals surface area contributed by atoms with Gasteiger partial charge in [0.25, 0.3) is 0 Å². The van der Waals surface area contributed by atoms with E-state index in [1.54, 1.807) is 26.4 Å². The lowest BCUT2D eigenvalue weighted by molar-refractivity contribution is 0.406. The van der Waals surface area contributed by atoms with Gasteiger partial charge in [-0.1, -0.05) is 18.2 Å². The molecule has 29 heavy (non-hydrogen) atoms. The summed E-state index contributed by atoms with van der Waals surface area (Å²) in [6.45, 7) is 2.73. The predicted molar refractivity (Wildman–Crippen MR) is 115 cm³/mol. The average molecular weight is 393 g/mol. The average Bonchev–Trinajstić information content (AvgIpc) is 3.29. The molecule has 1 unspecified atom stereocenters. The van der Waals surface area contributed by atoms with E-state index in [0.29, 0.717) is 24.7 Å². The molecule has 1 heterocycles. The van der Waals surface area contributed by atoms with Crippen LogP contribution in [-0.2, 0) is 6.42 Å². The number of nitrogens with one attached hydrogen (secondary N) is 2. The highest BCUT2D eigenvalue weighted by Crippen LogP contribution is 2.23. The van der Waals surface area contributed by atoms with Gasteiger partial charge in [0.15, 0.2) is 5.96 Å². The minimum absolute atomic E-state index is 0.0612. The van der Waals surface area contributed by atoms with Gasteiger partial charge in [-0.05, 0) is 48.7 Å². The zero-order chi connectivity index (χ0) is 20.6. The number of guanidine groups is 1. The van der Waals surface area contributed by atoms with Crippen molar-refractivity contribution < 1.29 is 9.84 Å². The van der Waals surface area contributed by atoms with Crippen molar-refractivity contribution in [3.8, 4) is 17.2 Å². The minimum Gasteiger partial charge on any atom is -0.508 e. The summed E-state index contributed by atoms with van der Waals surface area (Å²) in [5, 5.41) is 21.1. The van der Waals surface area contributed by atoms with E-state index in [4.69, 9.17) is 4.74 Å². The summed E-state index contributed by atoms with van der Waals surface area (Å²) in [7, 11) is 3.32. The molecule has 3 rings (SSSR count). The molecule has 0 aliphatic carbocycles. The fourth-order valence-electron chi connectivity index (χ4n) is 3.04. The van der Waals surface area contributed by atoms with Gasteiger partial charge in [-0.2, -0.15) is 5.10 Å². The number of hydrogen-bond donors (Lipinski definition) is 3. The zero-order valence-corrected chi connectivity index (χ0v) is 17.0. The lowest BCUT2D eigenvalue weighted by atomic mass is 10.1. The maximum atomic E-state index is 10.1. The van der Waals surface area contributed by atoms with Crippen LogP contribution in [0.3, 0.4) is 0 Å². The highest BCUT2D eigenvalue weighted by Gasteiger charge is 2.10. The van der Waals surface area contributed by atoms with Crippen LogP contribution < -0.4 is 15.4 Å². The number of benzene rings is 2. The molecule has 7 heteroatoms. The molecule has 0 amide bonds. The molecular weight excluding hydrogens is 366 g/mol. The monoisotopic (exact) mass is 393 g/mol. The third-order valence-corrected chi connectivity index (χ3v) is 4.70. The first-order valence-corrected chi connectivity index (χ1v) is 9.53. The first-order valence-electron chi connectivity index (χ1n) is 9.53. The van der Waals surface area contributed by atoms with Gasteiger partial charge in [-0.3, -0.25) is 4.99 Å². The van der Waals surface area contributed by atoms with Crippen LogP contribution in [0.2, 0.25) is 0 Å². The first kappa shape index (κ1) is 20.3. The van der Waals surface area contributed by atoms with Crippen LogP contribution in [0.15, 0.2) is 65.9 Å². The van der Waals surface area contributed by atoms with Crippen LogP contribution in [0.4, 0.5) is 0 Å². The summed E-state index contributed by atoms with van der Waals surface area (Å²) in [5.41, 5.74) is 3.00. The fourth-order valence-corrected chi connectivity index (χ4v) is 3.04. The van der Waals surface area contributed by atoms with E-state index in [1.807, 2.05) is 41.2 Å². The molecular formula is C22H27N5O2. The number of phenols is 1. The molecule has 0 fully saturated rings. The molecule has 0 spiro atoms. The first-order chi connectivity index (χ1) is 14.1. The molecule has 7 nitrogen and oxygen atoms in total. The molecule has 2 aromatic carbocycles. The Morgan fingerprint density at radius 3 is 2.79 bits per heavy atom. The van der Waals surface area contributed by atoms with Crippen LogP contribution in [0, 0.1) is 0 Å². The molecule has 0 aliphatic rings. The third-order valence-electron chi connectivity index (χ3n) is 4.70. The van der Waals surface area contributed by atoms with Gasteiger partial charge in [0.1, 0.15) is 11.5 Å². The van der Waals surface area contributed by atoms with Crippen molar-refractivity contribution in [3.63, 3.8) is 0 Å².